The number of amides is 2. The van der Waals surface area contributed by atoms with Gasteiger partial charge in [-0.2, -0.15) is 13.2 Å². The molecule has 7 heteroatoms. The summed E-state index contributed by atoms with van der Waals surface area (Å²) in [6.07, 6.45) is -4.44. The molecule has 0 saturated heterocycles. The molecule has 0 unspecified atom stereocenters. The highest BCUT2D eigenvalue weighted by atomic mass is 19.4. The van der Waals surface area contributed by atoms with Crippen LogP contribution in [0.2, 0.25) is 0 Å². The Morgan fingerprint density at radius 2 is 1.73 bits per heavy atom. The van der Waals surface area contributed by atoms with Crippen LogP contribution in [0, 0.1) is 5.92 Å². The van der Waals surface area contributed by atoms with Crippen molar-refractivity contribution in [3.05, 3.63) is 29.8 Å². The maximum absolute atomic E-state index is 12.5. The molecular weight excluding hydrogens is 297 g/mol. The number of carbonyl (C=O) groups excluding carboxylic acids is 2. The number of rotatable bonds is 5. The molecule has 0 fully saturated rings. The Bertz CT molecular complexity index is 525. The number of nitrogens with one attached hydrogen (secondary N) is 1. The highest BCUT2D eigenvalue weighted by Crippen LogP contribution is 2.30. The molecule has 1 rings (SSSR count). The van der Waals surface area contributed by atoms with Crippen molar-refractivity contribution in [1.29, 1.82) is 0 Å². The predicted octanol–water partition coefficient (Wildman–Crippen LogP) is 2.83. The quantitative estimate of drug-likeness (QED) is 0.908. The minimum absolute atomic E-state index is 0.229. The lowest BCUT2D eigenvalue weighted by Gasteiger charge is -2.21. The van der Waals surface area contributed by atoms with Crippen LogP contribution in [0.4, 0.5) is 18.9 Å². The Kier molecular flexibility index (Phi) is 5.96. The van der Waals surface area contributed by atoms with Gasteiger partial charge < -0.3 is 10.2 Å². The van der Waals surface area contributed by atoms with Gasteiger partial charge in [-0.15, -0.1) is 0 Å². The fraction of sp³-hybridized carbons (Fsp3) is 0.467. The molecule has 0 aliphatic rings. The first-order valence-electron chi connectivity index (χ1n) is 6.83. The lowest BCUT2D eigenvalue weighted by Crippen LogP contribution is -2.40. The van der Waals surface area contributed by atoms with Crippen molar-refractivity contribution in [2.45, 2.75) is 26.9 Å². The summed E-state index contributed by atoms with van der Waals surface area (Å²) in [4.78, 5) is 24.5. The zero-order valence-electron chi connectivity index (χ0n) is 12.7. The Hall–Kier alpha value is -2.05. The molecule has 0 aliphatic heterocycles. The van der Waals surface area contributed by atoms with Crippen LogP contribution in [-0.4, -0.2) is 24.9 Å². The molecule has 0 atom stereocenters. The predicted molar refractivity (Wildman–Crippen MR) is 77.3 cm³/mol. The molecule has 22 heavy (non-hydrogen) atoms. The number of benzene rings is 1. The van der Waals surface area contributed by atoms with Crippen LogP contribution in [0.3, 0.4) is 0 Å². The van der Waals surface area contributed by atoms with E-state index in [-0.39, 0.29) is 24.1 Å². The van der Waals surface area contributed by atoms with E-state index in [4.69, 9.17) is 0 Å². The number of nitrogens with zero attached hydrogens (tertiary/aromatic N) is 1. The number of hydrogen-bond donors (Lipinski definition) is 1. The van der Waals surface area contributed by atoms with Gasteiger partial charge in [0.25, 0.3) is 0 Å². The van der Waals surface area contributed by atoms with Crippen LogP contribution in [-0.2, 0) is 15.8 Å². The molecule has 1 aromatic rings. The number of anilines is 1. The summed E-state index contributed by atoms with van der Waals surface area (Å²) in [5, 5.41) is 2.66. The van der Waals surface area contributed by atoms with E-state index in [9.17, 15) is 22.8 Å². The van der Waals surface area contributed by atoms with Gasteiger partial charge in [0.1, 0.15) is 6.54 Å². The summed E-state index contributed by atoms with van der Waals surface area (Å²) >= 11 is 0. The topological polar surface area (TPSA) is 49.4 Å². The van der Waals surface area contributed by atoms with Crippen LogP contribution in [0.1, 0.15) is 26.3 Å². The maximum Gasteiger partial charge on any atom is 0.416 e. The van der Waals surface area contributed by atoms with Gasteiger partial charge in [-0.05, 0) is 30.2 Å². The van der Waals surface area contributed by atoms with Crippen molar-refractivity contribution in [2.24, 2.45) is 5.92 Å². The van der Waals surface area contributed by atoms with Gasteiger partial charge in [0.05, 0.1) is 5.56 Å². The maximum atomic E-state index is 12.5. The summed E-state index contributed by atoms with van der Waals surface area (Å²) in [6.45, 7) is 5.36. The van der Waals surface area contributed by atoms with Gasteiger partial charge in [-0.3, -0.25) is 9.59 Å². The van der Waals surface area contributed by atoms with Crippen LogP contribution in [0.25, 0.3) is 0 Å². The van der Waals surface area contributed by atoms with E-state index < -0.39 is 17.6 Å². The molecule has 4 nitrogen and oxygen atoms in total. The molecule has 0 saturated carbocycles. The van der Waals surface area contributed by atoms with Gasteiger partial charge in [0.15, 0.2) is 0 Å². The fourth-order valence-corrected chi connectivity index (χ4v) is 1.73. The number of alkyl halides is 3. The van der Waals surface area contributed by atoms with Gasteiger partial charge >= 0.3 is 6.18 Å². The van der Waals surface area contributed by atoms with Crippen LogP contribution in [0.5, 0.6) is 0 Å². The standard InChI is InChI=1S/C15H19F3N2O2/c1-10(2)8-19-14(22)9-20(11(3)21)13-6-4-12(5-7-13)15(16,17)18/h4-7,10H,8-9H2,1-3H3,(H,19,22). The first-order chi connectivity index (χ1) is 10.1. The van der Waals surface area contributed by atoms with E-state index in [2.05, 4.69) is 5.32 Å². The number of hydrogen-bond acceptors (Lipinski definition) is 2. The fourth-order valence-electron chi connectivity index (χ4n) is 1.73. The molecule has 0 spiro atoms. The van der Waals surface area contributed by atoms with Gasteiger partial charge in [0.2, 0.25) is 11.8 Å². The molecule has 0 heterocycles. The molecule has 2 amide bonds. The summed E-state index contributed by atoms with van der Waals surface area (Å²) in [5.41, 5.74) is -0.552. The third kappa shape index (κ3) is 5.38. The molecular formula is C15H19F3N2O2. The second-order valence-electron chi connectivity index (χ2n) is 5.35. The van der Waals surface area contributed by atoms with Crippen LogP contribution < -0.4 is 10.2 Å². The Morgan fingerprint density at radius 1 is 1.18 bits per heavy atom. The zero-order valence-corrected chi connectivity index (χ0v) is 12.7. The lowest BCUT2D eigenvalue weighted by molar-refractivity contribution is -0.137. The Balaban J connectivity index is 2.83. The Morgan fingerprint density at radius 3 is 2.14 bits per heavy atom. The average Bonchev–Trinajstić information content (AvgIpc) is 2.41. The molecule has 0 aromatic heterocycles. The van der Waals surface area contributed by atoms with Gasteiger partial charge in [-0.1, -0.05) is 13.8 Å². The monoisotopic (exact) mass is 316 g/mol. The molecule has 0 aliphatic carbocycles. The van der Waals surface area contributed by atoms with Gasteiger partial charge in [0, 0.05) is 19.2 Å². The second kappa shape index (κ2) is 7.29. The molecule has 122 valence electrons. The van der Waals surface area contributed by atoms with Crippen molar-refractivity contribution < 1.29 is 22.8 Å². The largest absolute Gasteiger partial charge is 0.416 e. The Labute approximate surface area is 127 Å². The first-order valence-corrected chi connectivity index (χ1v) is 6.83. The third-order valence-electron chi connectivity index (χ3n) is 2.90. The van der Waals surface area contributed by atoms with Crippen molar-refractivity contribution in [2.75, 3.05) is 18.0 Å². The van der Waals surface area contributed by atoms with E-state index in [0.29, 0.717) is 6.54 Å². The molecule has 0 radical (unpaired) electrons. The minimum Gasteiger partial charge on any atom is -0.354 e. The van der Waals surface area contributed by atoms with Crippen molar-refractivity contribution in [1.82, 2.24) is 5.32 Å². The zero-order chi connectivity index (χ0) is 16.9. The molecule has 1 N–H and O–H groups in total. The number of halogens is 3. The SMILES string of the molecule is CC(=O)N(CC(=O)NCC(C)C)c1ccc(C(F)(F)F)cc1. The van der Waals surface area contributed by atoms with Crippen molar-refractivity contribution >= 4 is 17.5 Å². The summed E-state index contributed by atoms with van der Waals surface area (Å²) in [7, 11) is 0. The first kappa shape index (κ1) is 18.0. The van der Waals surface area contributed by atoms with Crippen molar-refractivity contribution in [3.63, 3.8) is 0 Å². The van der Waals surface area contributed by atoms with Crippen LogP contribution in [0.15, 0.2) is 24.3 Å². The minimum atomic E-state index is -4.44. The van der Waals surface area contributed by atoms with Crippen LogP contribution >= 0.6 is 0 Å². The van der Waals surface area contributed by atoms with Crippen molar-refractivity contribution in [3.8, 4) is 0 Å². The smallest absolute Gasteiger partial charge is 0.354 e. The van der Waals surface area contributed by atoms with E-state index in [1.54, 1.807) is 0 Å². The van der Waals surface area contributed by atoms with E-state index in [1.165, 1.54) is 19.1 Å². The van der Waals surface area contributed by atoms with E-state index >= 15 is 0 Å². The third-order valence-corrected chi connectivity index (χ3v) is 2.90. The normalized spacial score (nSPS) is 11.4. The molecule has 1 aromatic carbocycles. The summed E-state index contributed by atoms with van der Waals surface area (Å²) in [6, 6.07) is 4.13. The van der Waals surface area contributed by atoms with Gasteiger partial charge in [-0.25, -0.2) is 0 Å². The highest BCUT2D eigenvalue weighted by molar-refractivity contribution is 5.97. The lowest BCUT2D eigenvalue weighted by atomic mass is 10.2. The molecule has 0 bridgehead atoms. The summed E-state index contributed by atoms with van der Waals surface area (Å²) in [5.74, 6) is -0.510. The van der Waals surface area contributed by atoms with E-state index in [0.717, 1.165) is 17.0 Å². The summed E-state index contributed by atoms with van der Waals surface area (Å²) < 4.78 is 37.6. The second-order valence-corrected chi connectivity index (χ2v) is 5.35. The highest BCUT2D eigenvalue weighted by Gasteiger charge is 2.30. The van der Waals surface area contributed by atoms with E-state index in [1.807, 2.05) is 13.8 Å². The number of carbonyl (C=O) groups is 2. The average molecular weight is 316 g/mol.